The van der Waals surface area contributed by atoms with E-state index >= 15 is 0 Å². The predicted molar refractivity (Wildman–Crippen MR) is 108 cm³/mol. The Hall–Kier alpha value is -2.98. The highest BCUT2D eigenvalue weighted by atomic mass is 35.5. The molecule has 1 aliphatic carbocycles. The molecule has 2 aromatic carbocycles. The molecule has 0 bridgehead atoms. The molecule has 31 heavy (non-hydrogen) atoms. The summed E-state index contributed by atoms with van der Waals surface area (Å²) in [5.74, 6) is -1.27. The van der Waals surface area contributed by atoms with Crippen LogP contribution in [0.3, 0.4) is 0 Å². The van der Waals surface area contributed by atoms with Gasteiger partial charge in [0.05, 0.1) is 5.92 Å². The van der Waals surface area contributed by atoms with Crippen molar-refractivity contribution in [1.29, 1.82) is 5.26 Å². The van der Waals surface area contributed by atoms with Gasteiger partial charge in [0.1, 0.15) is 22.6 Å². The third-order valence-corrected chi connectivity index (χ3v) is 5.59. The van der Waals surface area contributed by atoms with Crippen LogP contribution in [0.1, 0.15) is 25.5 Å². The molecule has 0 aliphatic heterocycles. The monoisotopic (exact) mass is 449 g/mol. The van der Waals surface area contributed by atoms with Crippen LogP contribution >= 0.6 is 11.6 Å². The zero-order valence-corrected chi connectivity index (χ0v) is 17.4. The van der Waals surface area contributed by atoms with Crippen LogP contribution in [0.25, 0.3) is 0 Å². The van der Waals surface area contributed by atoms with E-state index in [0.29, 0.717) is 17.1 Å². The second-order valence-electron chi connectivity index (χ2n) is 7.77. The first-order valence-corrected chi connectivity index (χ1v) is 9.79. The Labute approximate surface area is 182 Å². The average molecular weight is 450 g/mol. The van der Waals surface area contributed by atoms with Crippen LogP contribution in [-0.4, -0.2) is 12.1 Å². The number of alkyl halides is 3. The van der Waals surface area contributed by atoms with Gasteiger partial charge >= 0.3 is 12.1 Å². The third kappa shape index (κ3) is 5.20. The van der Waals surface area contributed by atoms with Crippen molar-refractivity contribution in [2.24, 2.45) is 17.3 Å². The maximum Gasteiger partial charge on any atom is 0.426 e. The van der Waals surface area contributed by atoms with Crippen molar-refractivity contribution in [2.75, 3.05) is 0 Å². The van der Waals surface area contributed by atoms with Crippen LogP contribution in [-0.2, 0) is 9.53 Å². The highest BCUT2D eigenvalue weighted by Crippen LogP contribution is 2.60. The van der Waals surface area contributed by atoms with Gasteiger partial charge in [-0.3, -0.25) is 4.79 Å². The number of halogens is 4. The molecule has 3 atom stereocenters. The summed E-state index contributed by atoms with van der Waals surface area (Å²) >= 11 is 5.32. The quantitative estimate of drug-likeness (QED) is 0.469. The second kappa shape index (κ2) is 8.64. The number of para-hydroxylation sites is 1. The molecule has 1 aliphatic rings. The molecular weight excluding hydrogens is 431 g/mol. The van der Waals surface area contributed by atoms with Gasteiger partial charge in [-0.05, 0) is 35.6 Å². The largest absolute Gasteiger partial charge is 0.457 e. The molecule has 2 aromatic rings. The molecule has 1 fully saturated rings. The maximum absolute atomic E-state index is 12.7. The van der Waals surface area contributed by atoms with Crippen LogP contribution in [0.2, 0.25) is 0 Å². The standard InChI is InChI=1S/C23H19ClF3NO3/c1-22(2)17(12-19(24)23(25,26)27)20(22)21(29)31-18(13-28)14-7-6-10-16(11-14)30-15-8-4-3-5-9-15/h3-12,17-18,20H,1-2H3/b19-12+/t17-,18-,20+/m1/s1. The van der Waals surface area contributed by atoms with E-state index in [9.17, 15) is 23.2 Å². The van der Waals surface area contributed by atoms with E-state index in [1.807, 2.05) is 24.3 Å². The number of hydrogen-bond donors (Lipinski definition) is 0. The third-order valence-electron chi connectivity index (χ3n) is 5.25. The summed E-state index contributed by atoms with van der Waals surface area (Å²) in [6.07, 6.45) is -5.07. The average Bonchev–Trinajstić information content (AvgIpc) is 3.26. The number of nitriles is 1. The summed E-state index contributed by atoms with van der Waals surface area (Å²) in [7, 11) is 0. The zero-order chi connectivity index (χ0) is 22.8. The second-order valence-corrected chi connectivity index (χ2v) is 8.18. The molecule has 8 heteroatoms. The Kier molecular flexibility index (Phi) is 6.33. The predicted octanol–water partition coefficient (Wildman–Crippen LogP) is 6.54. The summed E-state index contributed by atoms with van der Waals surface area (Å²) < 4.78 is 49.2. The lowest BCUT2D eigenvalue weighted by molar-refractivity contribution is -0.149. The number of hydrogen-bond acceptors (Lipinski definition) is 4. The van der Waals surface area contributed by atoms with Crippen molar-refractivity contribution in [2.45, 2.75) is 26.1 Å². The van der Waals surface area contributed by atoms with Gasteiger partial charge in [-0.25, -0.2) is 0 Å². The smallest absolute Gasteiger partial charge is 0.426 e. The fourth-order valence-electron chi connectivity index (χ4n) is 3.42. The minimum absolute atomic E-state index is 0.392. The Morgan fingerprint density at radius 1 is 1.16 bits per heavy atom. The van der Waals surface area contributed by atoms with E-state index in [2.05, 4.69) is 0 Å². The summed E-state index contributed by atoms with van der Waals surface area (Å²) in [4.78, 5) is 12.6. The normalized spacial score (nSPS) is 21.0. The van der Waals surface area contributed by atoms with E-state index in [1.54, 1.807) is 50.2 Å². The topological polar surface area (TPSA) is 59.3 Å². The molecule has 0 radical (unpaired) electrons. The summed E-state index contributed by atoms with van der Waals surface area (Å²) in [5.41, 5.74) is -0.371. The van der Waals surface area contributed by atoms with Crippen molar-refractivity contribution in [3.8, 4) is 17.6 Å². The van der Waals surface area contributed by atoms with Gasteiger partial charge in [-0.15, -0.1) is 0 Å². The van der Waals surface area contributed by atoms with Crippen molar-refractivity contribution in [3.05, 3.63) is 71.3 Å². The van der Waals surface area contributed by atoms with Crippen molar-refractivity contribution >= 4 is 17.6 Å². The van der Waals surface area contributed by atoms with E-state index < -0.39 is 40.5 Å². The lowest BCUT2D eigenvalue weighted by Gasteiger charge is -2.13. The first kappa shape index (κ1) is 22.7. The van der Waals surface area contributed by atoms with Gasteiger partial charge in [-0.1, -0.05) is 61.9 Å². The van der Waals surface area contributed by atoms with Crippen LogP contribution in [0.15, 0.2) is 65.7 Å². The molecule has 0 unspecified atom stereocenters. The van der Waals surface area contributed by atoms with Crippen LogP contribution in [0.4, 0.5) is 13.2 Å². The summed E-state index contributed by atoms with van der Waals surface area (Å²) in [6, 6.07) is 17.4. The highest BCUT2D eigenvalue weighted by Gasteiger charge is 2.62. The van der Waals surface area contributed by atoms with Crippen LogP contribution < -0.4 is 4.74 Å². The van der Waals surface area contributed by atoms with Crippen molar-refractivity contribution in [3.63, 3.8) is 0 Å². The highest BCUT2D eigenvalue weighted by molar-refractivity contribution is 6.30. The molecule has 0 aromatic heterocycles. The minimum atomic E-state index is -4.68. The molecule has 0 spiro atoms. The Balaban J connectivity index is 1.72. The van der Waals surface area contributed by atoms with Gasteiger partial charge in [0.25, 0.3) is 0 Å². The Morgan fingerprint density at radius 3 is 2.42 bits per heavy atom. The van der Waals surface area contributed by atoms with Gasteiger partial charge in [-0.2, -0.15) is 18.4 Å². The number of rotatable bonds is 6. The number of carbonyl (C=O) groups excluding carboxylic acids is 1. The fourth-order valence-corrected chi connectivity index (χ4v) is 3.55. The first-order valence-electron chi connectivity index (χ1n) is 9.41. The van der Waals surface area contributed by atoms with E-state index in [1.165, 1.54) is 0 Å². The summed E-state index contributed by atoms with van der Waals surface area (Å²) in [5, 5.41) is 8.23. The molecule has 3 rings (SSSR count). The number of esters is 1. The van der Waals surface area contributed by atoms with E-state index in [0.717, 1.165) is 6.08 Å². The van der Waals surface area contributed by atoms with E-state index in [-0.39, 0.29) is 0 Å². The molecule has 4 nitrogen and oxygen atoms in total. The first-order chi connectivity index (χ1) is 14.5. The van der Waals surface area contributed by atoms with Gasteiger partial charge < -0.3 is 9.47 Å². The molecule has 0 saturated heterocycles. The van der Waals surface area contributed by atoms with Gasteiger partial charge in [0, 0.05) is 5.56 Å². The zero-order valence-electron chi connectivity index (χ0n) is 16.7. The Morgan fingerprint density at radius 2 is 1.81 bits per heavy atom. The van der Waals surface area contributed by atoms with Gasteiger partial charge in [0.2, 0.25) is 6.10 Å². The summed E-state index contributed by atoms with van der Waals surface area (Å²) in [6.45, 7) is 3.30. The number of ether oxygens (including phenoxy) is 2. The number of benzene rings is 2. The number of carbonyl (C=O) groups is 1. The molecule has 0 N–H and O–H groups in total. The van der Waals surface area contributed by atoms with E-state index in [4.69, 9.17) is 21.1 Å². The molecular formula is C23H19ClF3NO3. The van der Waals surface area contributed by atoms with Crippen LogP contribution in [0.5, 0.6) is 11.5 Å². The molecule has 0 heterocycles. The maximum atomic E-state index is 12.7. The fraction of sp³-hybridized carbons (Fsp3) is 0.304. The number of nitrogens with zero attached hydrogens (tertiary/aromatic N) is 1. The Bertz CT molecular complexity index is 1030. The lowest BCUT2D eigenvalue weighted by Crippen LogP contribution is -2.14. The molecule has 162 valence electrons. The number of allylic oxidation sites excluding steroid dienone is 2. The van der Waals surface area contributed by atoms with Crippen LogP contribution in [0, 0.1) is 28.6 Å². The van der Waals surface area contributed by atoms with Gasteiger partial charge in [0.15, 0.2) is 0 Å². The minimum Gasteiger partial charge on any atom is -0.457 e. The van der Waals surface area contributed by atoms with Crippen molar-refractivity contribution in [1.82, 2.24) is 0 Å². The van der Waals surface area contributed by atoms with Crippen molar-refractivity contribution < 1.29 is 27.4 Å². The molecule has 1 saturated carbocycles. The SMILES string of the molecule is CC1(C)[C@H](/C=C(/Cl)C(F)(F)F)[C@H]1C(=O)O[C@H](C#N)c1cccc(Oc2ccccc2)c1. The molecule has 0 amide bonds. The lowest BCUT2D eigenvalue weighted by atomic mass is 10.1.